The van der Waals surface area contributed by atoms with Crippen LogP contribution in [0, 0.1) is 0 Å². The van der Waals surface area contributed by atoms with E-state index >= 15 is 0 Å². The number of hydrogen-bond donors (Lipinski definition) is 0. The number of halogens is 2. The van der Waals surface area contributed by atoms with E-state index in [1.54, 1.807) is 6.20 Å². The predicted molar refractivity (Wildman–Crippen MR) is 37.5 cm³/mol. The smallest absolute Gasteiger partial charge is 0.272 e. The van der Waals surface area contributed by atoms with Crippen molar-refractivity contribution in [3.05, 3.63) is 18.0 Å². The van der Waals surface area contributed by atoms with Gasteiger partial charge in [-0.15, -0.1) is 0 Å². The molecule has 0 spiro atoms. The fourth-order valence-corrected chi connectivity index (χ4v) is 0.847. The van der Waals surface area contributed by atoms with Crippen LogP contribution in [0.2, 0.25) is 0 Å². The first-order valence-corrected chi connectivity index (χ1v) is 3.55. The Balaban J connectivity index is 2.66. The van der Waals surface area contributed by atoms with Crippen molar-refractivity contribution in [1.82, 2.24) is 9.78 Å². The van der Waals surface area contributed by atoms with E-state index in [0.717, 1.165) is 6.42 Å². The van der Waals surface area contributed by atoms with E-state index in [1.807, 2.05) is 6.92 Å². The van der Waals surface area contributed by atoms with Crippen molar-refractivity contribution in [1.29, 1.82) is 0 Å². The second-order valence-electron chi connectivity index (χ2n) is 2.30. The molecule has 0 saturated heterocycles. The maximum absolute atomic E-state index is 11.9. The number of aryl methyl sites for hydroxylation is 1. The fraction of sp³-hybridized carbons (Fsp3) is 0.571. The van der Waals surface area contributed by atoms with Gasteiger partial charge < -0.3 is 0 Å². The molecule has 4 heteroatoms. The van der Waals surface area contributed by atoms with E-state index in [4.69, 9.17) is 0 Å². The minimum absolute atomic E-state index is 0.140. The Kier molecular flexibility index (Phi) is 2.57. The van der Waals surface area contributed by atoms with Crippen molar-refractivity contribution in [3.63, 3.8) is 0 Å². The van der Waals surface area contributed by atoms with Crippen LogP contribution in [0.3, 0.4) is 0 Å². The number of hydrogen-bond acceptors (Lipinski definition) is 1. The molecule has 0 radical (unpaired) electrons. The van der Waals surface area contributed by atoms with E-state index in [-0.39, 0.29) is 5.69 Å². The zero-order valence-electron chi connectivity index (χ0n) is 6.30. The average Bonchev–Trinajstić information content (AvgIpc) is 2.37. The molecule has 0 unspecified atom stereocenters. The van der Waals surface area contributed by atoms with Gasteiger partial charge in [0.1, 0.15) is 5.69 Å². The van der Waals surface area contributed by atoms with Gasteiger partial charge in [-0.05, 0) is 12.5 Å². The van der Waals surface area contributed by atoms with Crippen LogP contribution in [0.4, 0.5) is 8.78 Å². The largest absolute Gasteiger partial charge is 0.282 e. The molecule has 0 amide bonds. The lowest BCUT2D eigenvalue weighted by molar-refractivity contribution is 0.145. The molecule has 11 heavy (non-hydrogen) atoms. The van der Waals surface area contributed by atoms with Crippen molar-refractivity contribution in [3.8, 4) is 0 Å². The van der Waals surface area contributed by atoms with Crippen LogP contribution in [0.5, 0.6) is 0 Å². The van der Waals surface area contributed by atoms with Gasteiger partial charge in [0.25, 0.3) is 6.43 Å². The van der Waals surface area contributed by atoms with E-state index in [0.29, 0.717) is 6.54 Å². The summed E-state index contributed by atoms with van der Waals surface area (Å²) in [6.45, 7) is 2.68. The second kappa shape index (κ2) is 3.46. The summed E-state index contributed by atoms with van der Waals surface area (Å²) in [6, 6.07) is 1.35. The standard InChI is InChI=1S/C7H10F2N2/c1-2-4-11-5-3-6(10-11)7(8)9/h3,5,7H,2,4H2,1H3. The molecule has 0 N–H and O–H groups in total. The Morgan fingerprint density at radius 2 is 2.36 bits per heavy atom. The van der Waals surface area contributed by atoms with Crippen LogP contribution in [-0.4, -0.2) is 9.78 Å². The summed E-state index contributed by atoms with van der Waals surface area (Å²) in [5.74, 6) is 0. The molecular formula is C7H10F2N2. The third-order valence-corrected chi connectivity index (χ3v) is 1.34. The normalized spacial score (nSPS) is 10.9. The topological polar surface area (TPSA) is 17.8 Å². The van der Waals surface area contributed by atoms with Crippen molar-refractivity contribution in [2.24, 2.45) is 0 Å². The van der Waals surface area contributed by atoms with Gasteiger partial charge in [0.15, 0.2) is 0 Å². The quantitative estimate of drug-likeness (QED) is 0.663. The minimum atomic E-state index is -2.45. The van der Waals surface area contributed by atoms with Gasteiger partial charge >= 0.3 is 0 Å². The van der Waals surface area contributed by atoms with Crippen LogP contribution < -0.4 is 0 Å². The molecule has 1 aromatic rings. The van der Waals surface area contributed by atoms with Gasteiger partial charge in [0.05, 0.1) is 0 Å². The number of nitrogens with zero attached hydrogens (tertiary/aromatic N) is 2. The number of rotatable bonds is 3. The maximum atomic E-state index is 11.9. The Morgan fingerprint density at radius 3 is 2.82 bits per heavy atom. The van der Waals surface area contributed by atoms with E-state index in [1.165, 1.54) is 10.7 Å². The average molecular weight is 160 g/mol. The fourth-order valence-electron chi connectivity index (χ4n) is 0.847. The van der Waals surface area contributed by atoms with Crippen LogP contribution in [0.1, 0.15) is 25.5 Å². The third kappa shape index (κ3) is 2.00. The summed E-state index contributed by atoms with van der Waals surface area (Å²) in [6.07, 6.45) is 0.0307. The molecule has 1 rings (SSSR count). The van der Waals surface area contributed by atoms with Crippen LogP contribution >= 0.6 is 0 Å². The lowest BCUT2D eigenvalue weighted by atomic mass is 10.5. The highest BCUT2D eigenvalue weighted by molar-refractivity contribution is 4.99. The summed E-state index contributed by atoms with van der Waals surface area (Å²) in [5, 5.41) is 3.67. The molecule has 0 bridgehead atoms. The Labute approximate surface area is 63.8 Å². The molecule has 0 aliphatic carbocycles. The molecule has 0 aromatic carbocycles. The van der Waals surface area contributed by atoms with Crippen LogP contribution in [-0.2, 0) is 6.54 Å². The first kappa shape index (κ1) is 8.17. The molecule has 0 saturated carbocycles. The van der Waals surface area contributed by atoms with Crippen LogP contribution in [0.25, 0.3) is 0 Å². The van der Waals surface area contributed by atoms with E-state index in [9.17, 15) is 8.78 Å². The van der Waals surface area contributed by atoms with E-state index < -0.39 is 6.43 Å². The predicted octanol–water partition coefficient (Wildman–Crippen LogP) is 2.23. The van der Waals surface area contributed by atoms with Gasteiger partial charge in [0.2, 0.25) is 0 Å². The lowest BCUT2D eigenvalue weighted by Crippen LogP contribution is -1.98. The van der Waals surface area contributed by atoms with Crippen molar-refractivity contribution in [2.75, 3.05) is 0 Å². The molecule has 0 atom stereocenters. The lowest BCUT2D eigenvalue weighted by Gasteiger charge is -1.95. The van der Waals surface area contributed by atoms with Crippen molar-refractivity contribution >= 4 is 0 Å². The number of alkyl halides is 2. The summed E-state index contributed by atoms with van der Waals surface area (Å²) in [4.78, 5) is 0. The number of aromatic nitrogens is 2. The maximum Gasteiger partial charge on any atom is 0.282 e. The van der Waals surface area contributed by atoms with Crippen molar-refractivity contribution < 1.29 is 8.78 Å². The zero-order chi connectivity index (χ0) is 8.27. The summed E-state index contributed by atoms with van der Waals surface area (Å²) in [5.41, 5.74) is -0.140. The first-order chi connectivity index (χ1) is 5.24. The summed E-state index contributed by atoms with van der Waals surface area (Å²) < 4.78 is 25.4. The van der Waals surface area contributed by atoms with Gasteiger partial charge in [-0.25, -0.2) is 8.78 Å². The highest BCUT2D eigenvalue weighted by atomic mass is 19.3. The van der Waals surface area contributed by atoms with Gasteiger partial charge in [-0.1, -0.05) is 6.92 Å². The highest BCUT2D eigenvalue weighted by Gasteiger charge is 2.09. The third-order valence-electron chi connectivity index (χ3n) is 1.34. The minimum Gasteiger partial charge on any atom is -0.272 e. The molecule has 0 aliphatic heterocycles. The van der Waals surface area contributed by atoms with Gasteiger partial charge in [0, 0.05) is 12.7 Å². The summed E-state index contributed by atoms with van der Waals surface area (Å²) in [7, 11) is 0. The molecular weight excluding hydrogens is 150 g/mol. The summed E-state index contributed by atoms with van der Waals surface area (Å²) >= 11 is 0. The second-order valence-corrected chi connectivity index (χ2v) is 2.30. The van der Waals surface area contributed by atoms with Gasteiger partial charge in [-0.2, -0.15) is 5.10 Å². The molecule has 1 aromatic heterocycles. The molecule has 0 aliphatic rings. The highest BCUT2D eigenvalue weighted by Crippen LogP contribution is 2.15. The Morgan fingerprint density at radius 1 is 1.64 bits per heavy atom. The Bertz CT molecular complexity index is 220. The molecule has 62 valence electrons. The molecule has 2 nitrogen and oxygen atoms in total. The van der Waals surface area contributed by atoms with Crippen LogP contribution in [0.15, 0.2) is 12.3 Å². The molecule has 0 fully saturated rings. The molecule has 1 heterocycles. The first-order valence-electron chi connectivity index (χ1n) is 3.55. The SMILES string of the molecule is CCCn1ccc(C(F)F)n1. The zero-order valence-corrected chi connectivity index (χ0v) is 6.30. The van der Waals surface area contributed by atoms with E-state index in [2.05, 4.69) is 5.10 Å². The monoisotopic (exact) mass is 160 g/mol. The van der Waals surface area contributed by atoms with Crippen molar-refractivity contribution in [2.45, 2.75) is 26.3 Å². The van der Waals surface area contributed by atoms with Gasteiger partial charge in [-0.3, -0.25) is 4.68 Å². The Hall–Kier alpha value is -0.930.